The van der Waals surface area contributed by atoms with Gasteiger partial charge >= 0.3 is 0 Å². The van der Waals surface area contributed by atoms with E-state index in [1.54, 1.807) is 72.8 Å². The molecule has 3 aromatic carbocycles. The van der Waals surface area contributed by atoms with Gasteiger partial charge in [0.05, 0.1) is 37.1 Å². The summed E-state index contributed by atoms with van der Waals surface area (Å²) in [6.07, 6.45) is 1.51. The summed E-state index contributed by atoms with van der Waals surface area (Å²) in [7, 11) is -9.77. The first-order valence-corrected chi connectivity index (χ1v) is 23.0. The van der Waals surface area contributed by atoms with Crippen molar-refractivity contribution in [3.05, 3.63) is 89.5 Å². The minimum Gasteiger partial charge on any atom is -0.387 e. The molecule has 0 aliphatic rings. The molecule has 0 aromatic heterocycles. The second kappa shape index (κ2) is 22.9. The molecule has 0 radical (unpaired) electrons. The Morgan fingerprint density at radius 1 is 0.407 bits per heavy atom. The smallest absolute Gasteiger partial charge is 0.229 e. The van der Waals surface area contributed by atoms with Gasteiger partial charge in [0.2, 0.25) is 30.1 Å². The van der Waals surface area contributed by atoms with Gasteiger partial charge in [-0.25, -0.2) is 25.3 Å². The third-order valence-electron chi connectivity index (χ3n) is 6.95. The Labute approximate surface area is 322 Å². The monoisotopic (exact) mass is 816 g/mol. The highest BCUT2D eigenvalue weighted by molar-refractivity contribution is 7.92. The van der Waals surface area contributed by atoms with Crippen molar-refractivity contribution in [3.63, 3.8) is 0 Å². The molecule has 0 fully saturated rings. The van der Waals surface area contributed by atoms with Gasteiger partial charge in [0.15, 0.2) is 0 Å². The SMILES string of the molecule is CC(C)NCC(O)c1ccc(NS(C)(=O)=O)cc1.CC(C)NCC(O)c1ccc(NS(C)(=O)=O)cc1.CC(C)NCC(O)c1ccc(NS(C)(=O)=O)cc1. The van der Waals surface area contributed by atoms with Crippen molar-refractivity contribution in [2.24, 2.45) is 0 Å². The number of hydrogen-bond acceptors (Lipinski definition) is 12. The molecule has 3 rings (SSSR count). The molecule has 9 N–H and O–H groups in total. The predicted molar refractivity (Wildman–Crippen MR) is 219 cm³/mol. The van der Waals surface area contributed by atoms with Crippen molar-refractivity contribution in [2.45, 2.75) is 78.0 Å². The van der Waals surface area contributed by atoms with Crippen LogP contribution in [0.3, 0.4) is 0 Å². The summed E-state index contributed by atoms with van der Waals surface area (Å²) in [6, 6.07) is 21.0. The van der Waals surface area contributed by atoms with Crippen molar-refractivity contribution in [2.75, 3.05) is 52.6 Å². The van der Waals surface area contributed by atoms with Crippen molar-refractivity contribution < 1.29 is 40.6 Å². The Morgan fingerprint density at radius 2 is 0.593 bits per heavy atom. The number of aliphatic hydroxyl groups excluding tert-OH is 3. The van der Waals surface area contributed by atoms with Gasteiger partial charge in [-0.05, 0) is 53.1 Å². The van der Waals surface area contributed by atoms with Crippen LogP contribution in [0, 0.1) is 0 Å². The molecule has 0 saturated heterocycles. The summed E-state index contributed by atoms with van der Waals surface area (Å²) >= 11 is 0. The summed E-state index contributed by atoms with van der Waals surface area (Å²) < 4.78 is 73.3. The van der Waals surface area contributed by atoms with E-state index in [0.717, 1.165) is 35.5 Å². The van der Waals surface area contributed by atoms with Gasteiger partial charge in [0, 0.05) is 54.8 Å². The van der Waals surface area contributed by atoms with Crippen LogP contribution in [-0.4, -0.2) is 97.1 Å². The molecule has 3 unspecified atom stereocenters. The maximum absolute atomic E-state index is 11.0. The second-order valence-corrected chi connectivity index (χ2v) is 19.0. The average Bonchev–Trinajstić information content (AvgIpc) is 3.04. The number of nitrogens with one attached hydrogen (secondary N) is 6. The van der Waals surface area contributed by atoms with Gasteiger partial charge in [-0.1, -0.05) is 77.9 Å². The summed E-state index contributed by atoms with van der Waals surface area (Å²) in [6.45, 7) is 13.4. The van der Waals surface area contributed by atoms with E-state index >= 15 is 0 Å². The molecule has 0 spiro atoms. The molecule has 18 heteroatoms. The average molecular weight is 817 g/mol. The number of aliphatic hydroxyl groups is 3. The highest BCUT2D eigenvalue weighted by Crippen LogP contribution is 2.19. The van der Waals surface area contributed by atoms with E-state index in [4.69, 9.17) is 0 Å². The van der Waals surface area contributed by atoms with E-state index in [-0.39, 0.29) is 0 Å². The van der Waals surface area contributed by atoms with E-state index in [1.807, 2.05) is 41.5 Å². The van der Waals surface area contributed by atoms with Crippen LogP contribution in [0.5, 0.6) is 0 Å². The van der Waals surface area contributed by atoms with Crippen LogP contribution in [0.1, 0.15) is 76.5 Å². The highest BCUT2D eigenvalue weighted by Gasteiger charge is 2.11. The van der Waals surface area contributed by atoms with Crippen LogP contribution in [0.2, 0.25) is 0 Å². The summed E-state index contributed by atoms with van der Waals surface area (Å²) in [4.78, 5) is 0. The molecular formula is C36H60N6O9S3. The lowest BCUT2D eigenvalue weighted by molar-refractivity contribution is 0.171. The van der Waals surface area contributed by atoms with E-state index in [0.29, 0.717) is 54.8 Å². The first-order valence-electron chi connectivity index (χ1n) is 17.3. The van der Waals surface area contributed by atoms with Crippen LogP contribution in [-0.2, 0) is 30.1 Å². The molecule has 306 valence electrons. The van der Waals surface area contributed by atoms with E-state index in [2.05, 4.69) is 30.1 Å². The molecule has 15 nitrogen and oxygen atoms in total. The second-order valence-electron chi connectivity index (χ2n) is 13.7. The van der Waals surface area contributed by atoms with Crippen LogP contribution in [0.15, 0.2) is 72.8 Å². The van der Waals surface area contributed by atoms with Crippen molar-refractivity contribution in [1.82, 2.24) is 16.0 Å². The van der Waals surface area contributed by atoms with E-state index in [9.17, 15) is 40.6 Å². The van der Waals surface area contributed by atoms with Crippen LogP contribution in [0.25, 0.3) is 0 Å². The molecule has 0 aliphatic carbocycles. The molecule has 0 saturated carbocycles. The van der Waals surface area contributed by atoms with Gasteiger partial charge in [-0.2, -0.15) is 0 Å². The van der Waals surface area contributed by atoms with Gasteiger partial charge in [0.25, 0.3) is 0 Å². The maximum Gasteiger partial charge on any atom is 0.229 e. The minimum absolute atomic E-state index is 0.311. The molecule has 0 bridgehead atoms. The maximum atomic E-state index is 11.0. The Morgan fingerprint density at radius 3 is 0.741 bits per heavy atom. The zero-order valence-electron chi connectivity index (χ0n) is 32.5. The third-order valence-corrected chi connectivity index (χ3v) is 8.77. The molecular weight excluding hydrogens is 757 g/mol. The number of sulfonamides is 3. The normalized spacial score (nSPS) is 13.6. The number of hydrogen-bond donors (Lipinski definition) is 9. The van der Waals surface area contributed by atoms with E-state index < -0.39 is 48.4 Å². The van der Waals surface area contributed by atoms with Gasteiger partial charge in [0.1, 0.15) is 0 Å². The standard InChI is InChI=1S/3C12H20N2O3S/c3*1-9(2)13-8-12(15)10-4-6-11(7-5-10)14-18(3,16)17/h3*4-7,9,12-15H,8H2,1-3H3. The summed E-state index contributed by atoms with van der Waals surface area (Å²) in [5.74, 6) is 0. The number of anilines is 3. The Bertz CT molecular complexity index is 1620. The fraction of sp³-hybridized carbons (Fsp3) is 0.500. The third kappa shape index (κ3) is 23.5. The van der Waals surface area contributed by atoms with Crippen molar-refractivity contribution >= 4 is 47.1 Å². The zero-order valence-corrected chi connectivity index (χ0v) is 35.0. The fourth-order valence-electron chi connectivity index (χ4n) is 4.36. The molecule has 0 amide bonds. The first kappa shape index (κ1) is 48.7. The highest BCUT2D eigenvalue weighted by atomic mass is 32.2. The van der Waals surface area contributed by atoms with Crippen LogP contribution in [0.4, 0.5) is 17.1 Å². The van der Waals surface area contributed by atoms with Crippen molar-refractivity contribution in [3.8, 4) is 0 Å². The fourth-order valence-corrected chi connectivity index (χ4v) is 6.05. The molecule has 0 aliphatic heterocycles. The van der Waals surface area contributed by atoms with E-state index in [1.165, 1.54) is 0 Å². The lowest BCUT2D eigenvalue weighted by Crippen LogP contribution is -2.27. The summed E-state index contributed by atoms with van der Waals surface area (Å²) in [5, 5.41) is 39.1. The molecule has 54 heavy (non-hydrogen) atoms. The lowest BCUT2D eigenvalue weighted by Gasteiger charge is -2.14. The van der Waals surface area contributed by atoms with Crippen LogP contribution < -0.4 is 30.1 Å². The Hall–Kier alpha value is -3.33. The minimum atomic E-state index is -3.26. The largest absolute Gasteiger partial charge is 0.387 e. The Balaban J connectivity index is 0.000000405. The molecule has 3 aromatic rings. The molecule has 3 atom stereocenters. The zero-order chi connectivity index (χ0) is 41.3. The predicted octanol–water partition coefficient (Wildman–Crippen LogP) is 3.27. The molecule has 0 heterocycles. The Kier molecular flexibility index (Phi) is 20.7. The van der Waals surface area contributed by atoms with Gasteiger partial charge in [-0.3, -0.25) is 14.2 Å². The lowest BCUT2D eigenvalue weighted by atomic mass is 10.1. The topological polar surface area (TPSA) is 235 Å². The van der Waals surface area contributed by atoms with Gasteiger partial charge in [-0.15, -0.1) is 0 Å². The summed E-state index contributed by atoms with van der Waals surface area (Å²) in [5.41, 5.74) is 3.73. The van der Waals surface area contributed by atoms with Crippen LogP contribution >= 0.6 is 0 Å². The van der Waals surface area contributed by atoms with Crippen molar-refractivity contribution in [1.29, 1.82) is 0 Å². The number of benzene rings is 3. The quantitative estimate of drug-likeness (QED) is 0.0901. The van der Waals surface area contributed by atoms with Gasteiger partial charge < -0.3 is 31.3 Å². The first-order chi connectivity index (χ1) is 24.8. The number of rotatable bonds is 18.